The molecule has 1 N–H and O–H groups in total. The molecule has 0 fully saturated rings. The van der Waals surface area contributed by atoms with Crippen LogP contribution in [-0.2, 0) is 14.8 Å². The Bertz CT molecular complexity index is 619. The highest BCUT2D eigenvalue weighted by Crippen LogP contribution is 2.34. The fourth-order valence-electron chi connectivity index (χ4n) is 1.68. The van der Waals surface area contributed by atoms with E-state index in [0.29, 0.717) is 0 Å². The Morgan fingerprint density at radius 1 is 1.24 bits per heavy atom. The van der Waals surface area contributed by atoms with Crippen molar-refractivity contribution in [3.05, 3.63) is 28.2 Å². The number of halogens is 2. The molecule has 0 heterocycles. The van der Waals surface area contributed by atoms with Crippen LogP contribution in [0, 0.1) is 0 Å². The molecule has 0 bridgehead atoms. The maximum Gasteiger partial charge on any atom is 0.241 e. The normalized spacial score (nSPS) is 12.1. The van der Waals surface area contributed by atoms with Crippen molar-refractivity contribution in [1.82, 2.24) is 5.32 Å². The van der Waals surface area contributed by atoms with Crippen molar-refractivity contribution in [2.75, 3.05) is 17.1 Å². The second-order valence-corrected chi connectivity index (χ2v) is 8.36. The summed E-state index contributed by atoms with van der Waals surface area (Å²) in [6.45, 7) is 5.02. The topological polar surface area (TPSA) is 66.5 Å². The second kappa shape index (κ2) is 6.42. The molecule has 0 unspecified atom stereocenters. The molecule has 1 aromatic rings. The number of hydrogen-bond donors (Lipinski definition) is 1. The van der Waals surface area contributed by atoms with E-state index < -0.39 is 21.5 Å². The fourth-order valence-corrected chi connectivity index (χ4v) is 3.26. The van der Waals surface area contributed by atoms with Crippen LogP contribution in [0.25, 0.3) is 0 Å². The zero-order chi connectivity index (χ0) is 16.4. The molecule has 0 aromatic heterocycles. The van der Waals surface area contributed by atoms with Crippen molar-refractivity contribution in [1.29, 1.82) is 0 Å². The molecule has 0 saturated carbocycles. The standard InChI is InChI=1S/C13H18Cl2N2O3S/c1-13(2,3)16-11(18)8-17(21(4,19)20)12-9(14)6-5-7-10(12)15/h5-7H,8H2,1-4H3,(H,16,18). The number of nitrogens with zero attached hydrogens (tertiary/aromatic N) is 1. The molecule has 0 aliphatic rings. The molecular formula is C13H18Cl2N2O3S. The Labute approximate surface area is 135 Å². The highest BCUT2D eigenvalue weighted by molar-refractivity contribution is 7.92. The van der Waals surface area contributed by atoms with Crippen LogP contribution in [0.4, 0.5) is 5.69 Å². The maximum absolute atomic E-state index is 12.0. The predicted molar refractivity (Wildman–Crippen MR) is 86.5 cm³/mol. The minimum Gasteiger partial charge on any atom is -0.350 e. The van der Waals surface area contributed by atoms with E-state index in [0.717, 1.165) is 10.6 Å². The van der Waals surface area contributed by atoms with E-state index >= 15 is 0 Å². The van der Waals surface area contributed by atoms with Crippen LogP contribution in [-0.4, -0.2) is 32.7 Å². The summed E-state index contributed by atoms with van der Waals surface area (Å²) in [4.78, 5) is 12.0. The number of anilines is 1. The van der Waals surface area contributed by atoms with Crippen molar-refractivity contribution < 1.29 is 13.2 Å². The molecule has 1 rings (SSSR count). The zero-order valence-corrected chi connectivity index (χ0v) is 14.6. The number of carbonyl (C=O) groups is 1. The monoisotopic (exact) mass is 352 g/mol. The third kappa shape index (κ3) is 5.37. The number of carbonyl (C=O) groups excluding carboxylic acids is 1. The number of para-hydroxylation sites is 1. The van der Waals surface area contributed by atoms with Gasteiger partial charge in [0.25, 0.3) is 0 Å². The van der Waals surface area contributed by atoms with Gasteiger partial charge in [-0.15, -0.1) is 0 Å². The quantitative estimate of drug-likeness (QED) is 0.905. The Hall–Kier alpha value is -0.980. The average molecular weight is 353 g/mol. The van der Waals surface area contributed by atoms with E-state index in [1.807, 2.05) is 0 Å². The molecule has 5 nitrogen and oxygen atoms in total. The highest BCUT2D eigenvalue weighted by Gasteiger charge is 2.26. The number of nitrogens with one attached hydrogen (secondary N) is 1. The molecule has 118 valence electrons. The zero-order valence-electron chi connectivity index (χ0n) is 12.3. The van der Waals surface area contributed by atoms with Gasteiger partial charge in [0.2, 0.25) is 15.9 Å². The third-order valence-corrected chi connectivity index (χ3v) is 4.11. The van der Waals surface area contributed by atoms with Crippen LogP contribution in [0.3, 0.4) is 0 Å². The summed E-state index contributed by atoms with van der Waals surface area (Å²) in [6.07, 6.45) is 0.997. The SMILES string of the molecule is CC(C)(C)NC(=O)CN(c1c(Cl)cccc1Cl)S(C)(=O)=O. The summed E-state index contributed by atoms with van der Waals surface area (Å²) in [5.41, 5.74) is -0.364. The van der Waals surface area contributed by atoms with Crippen LogP contribution in [0.15, 0.2) is 18.2 Å². The van der Waals surface area contributed by atoms with Crippen LogP contribution < -0.4 is 9.62 Å². The second-order valence-electron chi connectivity index (χ2n) is 5.64. The lowest BCUT2D eigenvalue weighted by Crippen LogP contribution is -2.47. The minimum absolute atomic E-state index is 0.104. The molecule has 0 saturated heterocycles. The van der Waals surface area contributed by atoms with E-state index in [9.17, 15) is 13.2 Å². The molecule has 21 heavy (non-hydrogen) atoms. The molecule has 1 aromatic carbocycles. The van der Waals surface area contributed by atoms with Crippen LogP contribution >= 0.6 is 23.2 Å². The molecule has 0 spiro atoms. The number of amides is 1. The molecule has 0 atom stereocenters. The highest BCUT2D eigenvalue weighted by atomic mass is 35.5. The van der Waals surface area contributed by atoms with Gasteiger partial charge in [-0.05, 0) is 32.9 Å². The lowest BCUT2D eigenvalue weighted by molar-refractivity contribution is -0.121. The third-order valence-electron chi connectivity index (χ3n) is 2.39. The Morgan fingerprint density at radius 2 is 1.71 bits per heavy atom. The number of sulfonamides is 1. The van der Waals surface area contributed by atoms with Gasteiger partial charge in [0.1, 0.15) is 6.54 Å². The van der Waals surface area contributed by atoms with Gasteiger partial charge in [0, 0.05) is 5.54 Å². The summed E-state index contributed by atoms with van der Waals surface area (Å²) in [5.74, 6) is -0.441. The van der Waals surface area contributed by atoms with Crippen molar-refractivity contribution in [2.24, 2.45) is 0 Å². The van der Waals surface area contributed by atoms with Crippen molar-refractivity contribution in [2.45, 2.75) is 26.3 Å². The van der Waals surface area contributed by atoms with E-state index in [4.69, 9.17) is 23.2 Å². The molecule has 1 amide bonds. The van der Waals surface area contributed by atoms with E-state index in [2.05, 4.69) is 5.32 Å². The van der Waals surface area contributed by atoms with Crippen LogP contribution in [0.5, 0.6) is 0 Å². The number of hydrogen-bond acceptors (Lipinski definition) is 3. The summed E-state index contributed by atoms with van der Waals surface area (Å²) in [5, 5.41) is 3.03. The van der Waals surface area contributed by atoms with Crippen molar-refractivity contribution >= 4 is 44.8 Å². The summed E-state index contributed by atoms with van der Waals surface area (Å²) >= 11 is 12.0. The van der Waals surface area contributed by atoms with Gasteiger partial charge < -0.3 is 5.32 Å². The molecule has 0 radical (unpaired) electrons. The number of rotatable bonds is 4. The molecule has 0 aliphatic heterocycles. The van der Waals surface area contributed by atoms with E-state index in [1.165, 1.54) is 12.1 Å². The first-order valence-electron chi connectivity index (χ1n) is 6.14. The van der Waals surface area contributed by atoms with Crippen molar-refractivity contribution in [3.63, 3.8) is 0 Å². The lowest BCUT2D eigenvalue weighted by Gasteiger charge is -2.26. The Morgan fingerprint density at radius 3 is 2.10 bits per heavy atom. The first kappa shape index (κ1) is 18.1. The van der Waals surface area contributed by atoms with Gasteiger partial charge in [-0.3, -0.25) is 9.10 Å². The van der Waals surface area contributed by atoms with Crippen molar-refractivity contribution in [3.8, 4) is 0 Å². The fraction of sp³-hybridized carbons (Fsp3) is 0.462. The summed E-state index contributed by atoms with van der Waals surface area (Å²) in [7, 11) is -3.71. The predicted octanol–water partition coefficient (Wildman–Crippen LogP) is 2.67. The molecule has 8 heteroatoms. The van der Waals surface area contributed by atoms with Crippen LogP contribution in [0.2, 0.25) is 10.0 Å². The minimum atomic E-state index is -3.71. The van der Waals surface area contributed by atoms with Gasteiger partial charge >= 0.3 is 0 Å². The first-order valence-corrected chi connectivity index (χ1v) is 8.75. The van der Waals surface area contributed by atoms with E-state index in [1.54, 1.807) is 26.8 Å². The van der Waals surface area contributed by atoms with Gasteiger partial charge in [-0.1, -0.05) is 29.3 Å². The van der Waals surface area contributed by atoms with Gasteiger partial charge in [0.15, 0.2) is 0 Å². The van der Waals surface area contributed by atoms with Crippen LogP contribution in [0.1, 0.15) is 20.8 Å². The smallest absolute Gasteiger partial charge is 0.241 e. The Balaban J connectivity index is 3.18. The first-order chi connectivity index (χ1) is 9.42. The molecular weight excluding hydrogens is 335 g/mol. The van der Waals surface area contributed by atoms with Gasteiger partial charge in [-0.2, -0.15) is 0 Å². The summed E-state index contributed by atoms with van der Waals surface area (Å²) < 4.78 is 24.8. The largest absolute Gasteiger partial charge is 0.350 e. The van der Waals surface area contributed by atoms with Gasteiger partial charge in [0.05, 0.1) is 22.0 Å². The maximum atomic E-state index is 12.0. The Kier molecular flexibility index (Phi) is 5.52. The van der Waals surface area contributed by atoms with E-state index in [-0.39, 0.29) is 22.3 Å². The van der Waals surface area contributed by atoms with Gasteiger partial charge in [-0.25, -0.2) is 8.42 Å². The average Bonchev–Trinajstić information content (AvgIpc) is 2.23. The lowest BCUT2D eigenvalue weighted by atomic mass is 10.1. The molecule has 0 aliphatic carbocycles. The number of benzene rings is 1. The summed E-state index contributed by atoms with van der Waals surface area (Å²) in [6, 6.07) is 4.63.